The van der Waals surface area contributed by atoms with Crippen molar-refractivity contribution in [2.24, 2.45) is 16.2 Å². The molecule has 7 nitrogen and oxygen atoms in total. The quantitative estimate of drug-likeness (QED) is 0.466. The lowest BCUT2D eigenvalue weighted by atomic mass is 9.97. The summed E-state index contributed by atoms with van der Waals surface area (Å²) < 4.78 is 16.0. The minimum Gasteiger partial charge on any atom is -0.459 e. The van der Waals surface area contributed by atoms with Crippen LogP contribution in [0, 0.1) is 16.2 Å². The Hall–Kier alpha value is -1.63. The van der Waals surface area contributed by atoms with Crippen molar-refractivity contribution in [2.45, 2.75) is 62.3 Å². The highest BCUT2D eigenvalue weighted by Crippen LogP contribution is 2.16. The molecule has 0 heterocycles. The van der Waals surface area contributed by atoms with Crippen molar-refractivity contribution in [1.82, 2.24) is 0 Å². The van der Waals surface area contributed by atoms with Gasteiger partial charge in [-0.1, -0.05) is 0 Å². The summed E-state index contributed by atoms with van der Waals surface area (Å²) in [7, 11) is 0. The lowest BCUT2D eigenvalue weighted by molar-refractivity contribution is -0.900. The number of hydrogen-bond donors (Lipinski definition) is 1. The van der Waals surface area contributed by atoms with E-state index in [4.69, 9.17) is 14.2 Å². The summed E-state index contributed by atoms with van der Waals surface area (Å²) in [5.74, 6) is -0.777. The standard InChI is InChI=1S/C21H39NO6/c1-19(2,3)16(23)26-13-10-22(11-14-27-17(24)20(4,5)6)12-15-28-18(25)21(7,8)9/h10-15H2,1-9H3/p+1. The zero-order valence-corrected chi connectivity index (χ0v) is 19.2. The lowest BCUT2D eigenvalue weighted by Crippen LogP contribution is -3.13. The molecule has 0 bridgehead atoms. The minimum atomic E-state index is -0.551. The second-order valence-electron chi connectivity index (χ2n) is 10.2. The molecule has 0 atom stereocenters. The Morgan fingerprint density at radius 3 is 0.929 bits per heavy atom. The highest BCUT2D eigenvalue weighted by molar-refractivity contribution is 5.76. The number of carbonyl (C=O) groups is 3. The first-order valence-electron chi connectivity index (χ1n) is 9.90. The molecular weight excluding hydrogens is 362 g/mol. The fraction of sp³-hybridized carbons (Fsp3) is 0.857. The van der Waals surface area contributed by atoms with Crippen molar-refractivity contribution in [3.63, 3.8) is 0 Å². The van der Waals surface area contributed by atoms with Gasteiger partial charge in [-0.15, -0.1) is 0 Å². The Labute approximate surface area is 170 Å². The first kappa shape index (κ1) is 26.4. The number of hydrogen-bond acceptors (Lipinski definition) is 6. The molecule has 0 aliphatic carbocycles. The van der Waals surface area contributed by atoms with E-state index in [1.807, 2.05) is 0 Å². The molecule has 0 radical (unpaired) electrons. The highest BCUT2D eigenvalue weighted by Gasteiger charge is 2.26. The Balaban J connectivity index is 4.58. The average molecular weight is 403 g/mol. The third kappa shape index (κ3) is 11.3. The molecular formula is C21H40NO6+. The van der Waals surface area contributed by atoms with Crippen LogP contribution >= 0.6 is 0 Å². The van der Waals surface area contributed by atoms with Crippen molar-refractivity contribution < 1.29 is 33.5 Å². The SMILES string of the molecule is CC(C)(C)C(=O)OCC[NH+](CCOC(=O)C(C)(C)C)CCOC(=O)C(C)(C)C. The number of ether oxygens (including phenoxy) is 3. The van der Waals surface area contributed by atoms with Gasteiger partial charge in [0.1, 0.15) is 39.5 Å². The van der Waals surface area contributed by atoms with E-state index in [1.165, 1.54) is 0 Å². The molecule has 28 heavy (non-hydrogen) atoms. The topological polar surface area (TPSA) is 83.3 Å². The van der Waals surface area contributed by atoms with E-state index in [9.17, 15) is 14.4 Å². The summed E-state index contributed by atoms with van der Waals surface area (Å²) in [6, 6.07) is 0. The molecule has 1 N–H and O–H groups in total. The molecule has 0 fully saturated rings. The van der Waals surface area contributed by atoms with Crippen molar-refractivity contribution >= 4 is 17.9 Å². The third-order valence-electron chi connectivity index (χ3n) is 3.90. The third-order valence-corrected chi connectivity index (χ3v) is 3.90. The fourth-order valence-electron chi connectivity index (χ4n) is 1.89. The molecule has 7 heteroatoms. The highest BCUT2D eigenvalue weighted by atomic mass is 16.5. The average Bonchev–Trinajstić information content (AvgIpc) is 2.51. The molecule has 0 aromatic rings. The first-order chi connectivity index (χ1) is 12.5. The van der Waals surface area contributed by atoms with Crippen LogP contribution in [0.25, 0.3) is 0 Å². The normalized spacial score (nSPS) is 12.6. The second kappa shape index (κ2) is 10.8. The van der Waals surface area contributed by atoms with Crippen LogP contribution in [0.2, 0.25) is 0 Å². The van der Waals surface area contributed by atoms with Gasteiger partial charge in [-0.25, -0.2) is 0 Å². The van der Waals surface area contributed by atoms with Crippen molar-refractivity contribution in [3.8, 4) is 0 Å². The Kier molecular flexibility index (Phi) is 10.2. The monoisotopic (exact) mass is 402 g/mol. The van der Waals surface area contributed by atoms with E-state index in [1.54, 1.807) is 62.3 Å². The van der Waals surface area contributed by atoms with Gasteiger partial charge in [0.15, 0.2) is 0 Å². The van der Waals surface area contributed by atoms with Gasteiger partial charge in [0, 0.05) is 0 Å². The Bertz CT molecular complexity index is 446. The number of carbonyl (C=O) groups excluding carboxylic acids is 3. The predicted molar refractivity (Wildman–Crippen MR) is 107 cm³/mol. The number of rotatable bonds is 9. The van der Waals surface area contributed by atoms with Crippen molar-refractivity contribution in [2.75, 3.05) is 39.5 Å². The molecule has 0 aliphatic rings. The van der Waals surface area contributed by atoms with Gasteiger partial charge >= 0.3 is 17.9 Å². The van der Waals surface area contributed by atoms with Crippen LogP contribution < -0.4 is 4.90 Å². The van der Waals surface area contributed by atoms with Gasteiger partial charge in [0.25, 0.3) is 0 Å². The maximum absolute atomic E-state index is 11.9. The summed E-state index contributed by atoms with van der Waals surface area (Å²) >= 11 is 0. The van der Waals surface area contributed by atoms with E-state index >= 15 is 0 Å². The molecule has 0 spiro atoms. The van der Waals surface area contributed by atoms with Crippen LogP contribution in [0.15, 0.2) is 0 Å². The van der Waals surface area contributed by atoms with Gasteiger partial charge in [0.05, 0.1) is 16.2 Å². The summed E-state index contributed by atoms with van der Waals surface area (Å²) in [4.78, 5) is 36.7. The summed E-state index contributed by atoms with van der Waals surface area (Å²) in [6.07, 6.45) is 0. The molecule has 164 valence electrons. The maximum Gasteiger partial charge on any atom is 0.311 e. The molecule has 0 amide bonds. The molecule has 0 saturated heterocycles. The van der Waals surface area contributed by atoms with Crippen LogP contribution in [0.3, 0.4) is 0 Å². The van der Waals surface area contributed by atoms with Gasteiger partial charge in [-0.05, 0) is 62.3 Å². The van der Waals surface area contributed by atoms with Gasteiger partial charge in [-0.3, -0.25) is 14.4 Å². The van der Waals surface area contributed by atoms with Crippen molar-refractivity contribution in [1.29, 1.82) is 0 Å². The molecule has 0 aliphatic heterocycles. The Morgan fingerprint density at radius 2 is 0.750 bits per heavy atom. The van der Waals surface area contributed by atoms with Crippen LogP contribution in [0.4, 0.5) is 0 Å². The van der Waals surface area contributed by atoms with Gasteiger partial charge in [-0.2, -0.15) is 0 Å². The molecule has 0 aromatic heterocycles. The predicted octanol–water partition coefficient (Wildman–Crippen LogP) is 1.64. The second-order valence-corrected chi connectivity index (χ2v) is 10.2. The van der Waals surface area contributed by atoms with Gasteiger partial charge in [0.2, 0.25) is 0 Å². The summed E-state index contributed by atoms with van der Waals surface area (Å²) in [5, 5.41) is 0. The largest absolute Gasteiger partial charge is 0.459 e. The van der Waals surface area contributed by atoms with Gasteiger partial charge < -0.3 is 19.1 Å². The first-order valence-corrected chi connectivity index (χ1v) is 9.90. The minimum absolute atomic E-state index is 0.256. The number of esters is 3. The van der Waals surface area contributed by atoms with E-state index in [2.05, 4.69) is 0 Å². The fourth-order valence-corrected chi connectivity index (χ4v) is 1.89. The summed E-state index contributed by atoms with van der Waals surface area (Å²) in [6.45, 7) is 18.6. The molecule has 0 aromatic carbocycles. The van der Waals surface area contributed by atoms with E-state index in [0.717, 1.165) is 4.90 Å². The zero-order chi connectivity index (χ0) is 22.2. The summed E-state index contributed by atoms with van der Waals surface area (Å²) in [5.41, 5.74) is -1.65. The molecule has 0 rings (SSSR count). The Morgan fingerprint density at radius 1 is 0.536 bits per heavy atom. The van der Waals surface area contributed by atoms with E-state index in [0.29, 0.717) is 19.6 Å². The van der Waals surface area contributed by atoms with Crippen LogP contribution in [0.5, 0.6) is 0 Å². The molecule has 0 unspecified atom stereocenters. The lowest BCUT2D eigenvalue weighted by Gasteiger charge is -2.23. The van der Waals surface area contributed by atoms with Crippen molar-refractivity contribution in [3.05, 3.63) is 0 Å². The van der Waals surface area contributed by atoms with Crippen LogP contribution in [-0.2, 0) is 28.6 Å². The zero-order valence-electron chi connectivity index (χ0n) is 19.2. The smallest absolute Gasteiger partial charge is 0.311 e. The van der Waals surface area contributed by atoms with E-state index in [-0.39, 0.29) is 37.7 Å². The maximum atomic E-state index is 11.9. The van der Waals surface area contributed by atoms with Crippen LogP contribution in [-0.4, -0.2) is 57.4 Å². The van der Waals surface area contributed by atoms with Crippen LogP contribution in [0.1, 0.15) is 62.3 Å². The van der Waals surface area contributed by atoms with E-state index < -0.39 is 16.2 Å². The number of quaternary nitrogens is 1. The molecule has 0 saturated carbocycles. The number of nitrogens with one attached hydrogen (secondary N) is 1.